The third-order valence-corrected chi connectivity index (χ3v) is 2.98. The Morgan fingerprint density at radius 2 is 1.62 bits per heavy atom. The summed E-state index contributed by atoms with van der Waals surface area (Å²) in [5.41, 5.74) is 1.34. The minimum atomic E-state index is -0.631. The predicted octanol–water partition coefficient (Wildman–Crippen LogP) is 3.30. The lowest BCUT2D eigenvalue weighted by atomic mass is 10.1. The summed E-state index contributed by atoms with van der Waals surface area (Å²) in [6, 6.07) is 15.9. The second-order valence-electron chi connectivity index (χ2n) is 4.70. The molecule has 0 aliphatic rings. The van der Waals surface area contributed by atoms with Crippen LogP contribution in [-0.4, -0.2) is 17.8 Å². The fourth-order valence-electron chi connectivity index (χ4n) is 1.79. The van der Waals surface area contributed by atoms with Crippen molar-refractivity contribution in [1.82, 2.24) is 0 Å². The molecule has 0 unspecified atom stereocenters. The van der Waals surface area contributed by atoms with Gasteiger partial charge in [0, 0.05) is 11.3 Å². The Morgan fingerprint density at radius 1 is 1.00 bits per heavy atom. The zero-order valence-corrected chi connectivity index (χ0v) is 12.0. The van der Waals surface area contributed by atoms with Gasteiger partial charge in [-0.25, -0.2) is 0 Å². The number of ketones is 1. The van der Waals surface area contributed by atoms with Crippen LogP contribution in [-0.2, 0) is 4.79 Å². The molecule has 0 aliphatic carbocycles. The Labute approximate surface area is 123 Å². The maximum Gasteiger partial charge on any atom is 0.265 e. The van der Waals surface area contributed by atoms with Crippen molar-refractivity contribution in [2.24, 2.45) is 0 Å². The first kappa shape index (κ1) is 14.8. The van der Waals surface area contributed by atoms with Crippen LogP contribution in [0.5, 0.6) is 5.75 Å². The van der Waals surface area contributed by atoms with E-state index in [1.54, 1.807) is 31.2 Å². The first-order valence-electron chi connectivity index (χ1n) is 6.70. The zero-order valence-electron chi connectivity index (χ0n) is 12.0. The van der Waals surface area contributed by atoms with Crippen LogP contribution < -0.4 is 10.1 Å². The van der Waals surface area contributed by atoms with Crippen molar-refractivity contribution < 1.29 is 14.3 Å². The third-order valence-electron chi connectivity index (χ3n) is 2.98. The second-order valence-corrected chi connectivity index (χ2v) is 4.70. The molecule has 0 aliphatic heterocycles. The van der Waals surface area contributed by atoms with Gasteiger partial charge in [0.1, 0.15) is 5.75 Å². The number of anilines is 1. The summed E-state index contributed by atoms with van der Waals surface area (Å²) in [6.45, 7) is 3.18. The standard InChI is InChI=1S/C17H17NO3/c1-12(19)14-8-10-16(11-9-14)21-13(2)17(20)18-15-6-4-3-5-7-15/h3-11,13H,1-2H3,(H,18,20)/t13-/m1/s1. The van der Waals surface area contributed by atoms with E-state index in [0.717, 1.165) is 5.69 Å². The van der Waals surface area contributed by atoms with Gasteiger partial charge in [-0.1, -0.05) is 18.2 Å². The number of nitrogens with one attached hydrogen (secondary N) is 1. The molecule has 2 aromatic carbocycles. The van der Waals surface area contributed by atoms with Crippen molar-refractivity contribution >= 4 is 17.4 Å². The molecule has 1 N–H and O–H groups in total. The van der Waals surface area contributed by atoms with Gasteiger partial charge >= 0.3 is 0 Å². The van der Waals surface area contributed by atoms with Crippen LogP contribution in [0.2, 0.25) is 0 Å². The monoisotopic (exact) mass is 283 g/mol. The number of benzene rings is 2. The van der Waals surface area contributed by atoms with E-state index in [4.69, 9.17) is 4.74 Å². The molecule has 0 heterocycles. The Balaban J connectivity index is 1.95. The lowest BCUT2D eigenvalue weighted by molar-refractivity contribution is -0.122. The molecule has 0 fully saturated rings. The number of hydrogen-bond donors (Lipinski definition) is 1. The van der Waals surface area contributed by atoms with Gasteiger partial charge in [-0.3, -0.25) is 9.59 Å². The van der Waals surface area contributed by atoms with Crippen molar-refractivity contribution in [3.63, 3.8) is 0 Å². The van der Waals surface area contributed by atoms with E-state index >= 15 is 0 Å². The van der Waals surface area contributed by atoms with Crippen molar-refractivity contribution in [3.05, 3.63) is 60.2 Å². The normalized spacial score (nSPS) is 11.5. The van der Waals surface area contributed by atoms with Crippen LogP contribution in [0.4, 0.5) is 5.69 Å². The van der Waals surface area contributed by atoms with E-state index in [9.17, 15) is 9.59 Å². The maximum absolute atomic E-state index is 12.0. The van der Waals surface area contributed by atoms with Gasteiger partial charge in [0.15, 0.2) is 11.9 Å². The Hall–Kier alpha value is -2.62. The largest absolute Gasteiger partial charge is 0.481 e. The molecule has 0 saturated carbocycles. The van der Waals surface area contributed by atoms with Gasteiger partial charge in [0.2, 0.25) is 0 Å². The molecule has 0 radical (unpaired) electrons. The van der Waals surface area contributed by atoms with Crippen molar-refractivity contribution in [3.8, 4) is 5.75 Å². The zero-order chi connectivity index (χ0) is 15.2. The van der Waals surface area contributed by atoms with Crippen LogP contribution in [0.3, 0.4) is 0 Å². The number of Topliss-reactive ketones (excluding diaryl/α,β-unsaturated/α-hetero) is 1. The first-order valence-corrected chi connectivity index (χ1v) is 6.70. The third kappa shape index (κ3) is 4.18. The number of carbonyl (C=O) groups is 2. The number of para-hydroxylation sites is 1. The molecule has 1 atom stereocenters. The molecule has 0 saturated heterocycles. The smallest absolute Gasteiger partial charge is 0.265 e. The SMILES string of the molecule is CC(=O)c1ccc(O[C@H](C)C(=O)Nc2ccccc2)cc1. The Morgan fingerprint density at radius 3 is 2.19 bits per heavy atom. The van der Waals surface area contributed by atoms with Crippen molar-refractivity contribution in [2.75, 3.05) is 5.32 Å². The van der Waals surface area contributed by atoms with Gasteiger partial charge in [-0.05, 0) is 50.2 Å². The molecule has 2 aromatic rings. The minimum Gasteiger partial charge on any atom is -0.481 e. The van der Waals surface area contributed by atoms with Crippen molar-refractivity contribution in [1.29, 1.82) is 0 Å². The van der Waals surface area contributed by atoms with Crippen LogP contribution in [0.15, 0.2) is 54.6 Å². The lowest BCUT2D eigenvalue weighted by Crippen LogP contribution is -2.30. The number of hydrogen-bond acceptors (Lipinski definition) is 3. The fourth-order valence-corrected chi connectivity index (χ4v) is 1.79. The lowest BCUT2D eigenvalue weighted by Gasteiger charge is -2.14. The van der Waals surface area contributed by atoms with E-state index in [1.807, 2.05) is 30.3 Å². The Bertz CT molecular complexity index is 620. The molecule has 108 valence electrons. The van der Waals surface area contributed by atoms with Gasteiger partial charge < -0.3 is 10.1 Å². The molecular formula is C17H17NO3. The quantitative estimate of drug-likeness (QED) is 0.857. The highest BCUT2D eigenvalue weighted by atomic mass is 16.5. The highest BCUT2D eigenvalue weighted by Crippen LogP contribution is 2.15. The van der Waals surface area contributed by atoms with E-state index in [-0.39, 0.29) is 11.7 Å². The van der Waals surface area contributed by atoms with E-state index in [1.165, 1.54) is 6.92 Å². The second kappa shape index (κ2) is 6.70. The average molecular weight is 283 g/mol. The minimum absolute atomic E-state index is 0.00332. The highest BCUT2D eigenvalue weighted by molar-refractivity contribution is 5.94. The molecule has 4 nitrogen and oxygen atoms in total. The molecular weight excluding hydrogens is 266 g/mol. The number of carbonyl (C=O) groups excluding carboxylic acids is 2. The summed E-state index contributed by atoms with van der Waals surface area (Å²) in [7, 11) is 0. The topological polar surface area (TPSA) is 55.4 Å². The molecule has 4 heteroatoms. The van der Waals surface area contributed by atoms with Gasteiger partial charge in [0.05, 0.1) is 0 Å². The number of amides is 1. The molecule has 1 amide bonds. The summed E-state index contributed by atoms with van der Waals surface area (Å²) in [4.78, 5) is 23.2. The molecule has 0 bridgehead atoms. The first-order chi connectivity index (χ1) is 10.1. The molecule has 21 heavy (non-hydrogen) atoms. The van der Waals surface area contributed by atoms with E-state index < -0.39 is 6.10 Å². The van der Waals surface area contributed by atoms with E-state index in [2.05, 4.69) is 5.32 Å². The highest BCUT2D eigenvalue weighted by Gasteiger charge is 2.14. The molecule has 2 rings (SSSR count). The number of ether oxygens (including phenoxy) is 1. The average Bonchev–Trinajstić information content (AvgIpc) is 2.48. The number of rotatable bonds is 5. The fraction of sp³-hybridized carbons (Fsp3) is 0.176. The molecule has 0 spiro atoms. The van der Waals surface area contributed by atoms with Crippen LogP contribution in [0.25, 0.3) is 0 Å². The summed E-state index contributed by atoms with van der Waals surface area (Å²) in [5.74, 6) is 0.323. The van der Waals surface area contributed by atoms with Crippen LogP contribution >= 0.6 is 0 Å². The predicted molar refractivity (Wildman–Crippen MR) is 81.6 cm³/mol. The maximum atomic E-state index is 12.0. The summed E-state index contributed by atoms with van der Waals surface area (Å²) < 4.78 is 5.56. The summed E-state index contributed by atoms with van der Waals surface area (Å²) >= 11 is 0. The van der Waals surface area contributed by atoms with Crippen LogP contribution in [0.1, 0.15) is 24.2 Å². The van der Waals surface area contributed by atoms with Gasteiger partial charge in [-0.2, -0.15) is 0 Å². The summed E-state index contributed by atoms with van der Waals surface area (Å²) in [5, 5.41) is 2.77. The molecule has 0 aromatic heterocycles. The van der Waals surface area contributed by atoms with E-state index in [0.29, 0.717) is 11.3 Å². The summed E-state index contributed by atoms with van der Waals surface area (Å²) in [6.07, 6.45) is -0.631. The van der Waals surface area contributed by atoms with Crippen molar-refractivity contribution in [2.45, 2.75) is 20.0 Å². The van der Waals surface area contributed by atoms with Gasteiger partial charge in [-0.15, -0.1) is 0 Å². The van der Waals surface area contributed by atoms with Gasteiger partial charge in [0.25, 0.3) is 5.91 Å². The van der Waals surface area contributed by atoms with Crippen LogP contribution in [0, 0.1) is 0 Å². The Kier molecular flexibility index (Phi) is 4.72.